The molecule has 0 fully saturated rings. The van der Waals surface area contributed by atoms with Crippen molar-refractivity contribution >= 4 is 22.5 Å². The lowest BCUT2D eigenvalue weighted by Crippen LogP contribution is -2.21. The van der Waals surface area contributed by atoms with Crippen molar-refractivity contribution in [1.29, 1.82) is 0 Å². The second-order valence-electron chi connectivity index (χ2n) is 5.41. The maximum Gasteiger partial charge on any atom is 0.268 e. The van der Waals surface area contributed by atoms with Crippen LogP contribution in [0, 0.1) is 6.92 Å². The highest BCUT2D eigenvalue weighted by Crippen LogP contribution is 2.23. The van der Waals surface area contributed by atoms with E-state index >= 15 is 0 Å². The Bertz CT molecular complexity index is 1100. The Morgan fingerprint density at radius 3 is 2.58 bits per heavy atom. The van der Waals surface area contributed by atoms with Crippen LogP contribution in [0.3, 0.4) is 0 Å². The first kappa shape index (κ1) is 14.7. The van der Waals surface area contributed by atoms with Crippen LogP contribution in [-0.2, 0) is 0 Å². The van der Waals surface area contributed by atoms with Crippen LogP contribution in [0.15, 0.2) is 63.9 Å². The quantitative estimate of drug-likeness (QED) is 0.554. The number of aromatic nitrogens is 3. The zero-order valence-electron chi connectivity index (χ0n) is 12.7. The summed E-state index contributed by atoms with van der Waals surface area (Å²) in [6, 6.07) is 16.2. The maximum atomic E-state index is 13.1. The zero-order chi connectivity index (χ0) is 16.7. The molecule has 2 aromatic heterocycles. The molecule has 6 heteroatoms. The highest BCUT2D eigenvalue weighted by atomic mass is 35.5. The van der Waals surface area contributed by atoms with Crippen molar-refractivity contribution in [3.63, 3.8) is 0 Å². The van der Waals surface area contributed by atoms with Crippen LogP contribution in [0.2, 0.25) is 5.02 Å². The molecule has 0 saturated carbocycles. The summed E-state index contributed by atoms with van der Waals surface area (Å²) in [4.78, 5) is 17.7. The molecule has 0 aliphatic heterocycles. The molecule has 0 bridgehead atoms. The van der Waals surface area contributed by atoms with Crippen LogP contribution in [0.25, 0.3) is 28.2 Å². The van der Waals surface area contributed by atoms with Crippen LogP contribution in [0.4, 0.5) is 0 Å². The lowest BCUT2D eigenvalue weighted by molar-refractivity contribution is 0.400. The Hall–Kier alpha value is -2.92. The highest BCUT2D eigenvalue weighted by molar-refractivity contribution is 6.31. The molecule has 0 aliphatic rings. The van der Waals surface area contributed by atoms with Gasteiger partial charge in [0.2, 0.25) is 5.88 Å². The summed E-state index contributed by atoms with van der Waals surface area (Å²) >= 11 is 6.04. The lowest BCUT2D eigenvalue weighted by atomic mass is 10.2. The molecule has 0 radical (unpaired) electrons. The minimum absolute atomic E-state index is 0.252. The largest absolute Gasteiger partial charge is 0.338 e. The molecule has 5 nitrogen and oxygen atoms in total. The van der Waals surface area contributed by atoms with Gasteiger partial charge in [0, 0.05) is 16.7 Å². The topological polar surface area (TPSA) is 60.9 Å². The summed E-state index contributed by atoms with van der Waals surface area (Å²) < 4.78 is 6.74. The number of hydrogen-bond donors (Lipinski definition) is 0. The van der Waals surface area contributed by atoms with Gasteiger partial charge < -0.3 is 4.52 Å². The number of hydrogen-bond acceptors (Lipinski definition) is 4. The molecule has 0 unspecified atom stereocenters. The predicted molar refractivity (Wildman–Crippen MR) is 92.6 cm³/mol. The van der Waals surface area contributed by atoms with Gasteiger partial charge in [-0.05, 0) is 25.1 Å². The van der Waals surface area contributed by atoms with Crippen molar-refractivity contribution in [1.82, 2.24) is 14.7 Å². The maximum absolute atomic E-state index is 13.1. The smallest absolute Gasteiger partial charge is 0.268 e. The third-order valence-electron chi connectivity index (χ3n) is 3.70. The van der Waals surface area contributed by atoms with Gasteiger partial charge in [-0.25, -0.2) is 9.55 Å². The molecule has 2 heterocycles. The molecular weight excluding hydrogens is 326 g/mol. The molecule has 2 aromatic carbocycles. The van der Waals surface area contributed by atoms with Crippen LogP contribution in [0.5, 0.6) is 0 Å². The fourth-order valence-electron chi connectivity index (χ4n) is 2.60. The van der Waals surface area contributed by atoms with Gasteiger partial charge in [0.1, 0.15) is 0 Å². The first-order valence-electron chi connectivity index (χ1n) is 7.35. The average molecular weight is 338 g/mol. The average Bonchev–Trinajstić information content (AvgIpc) is 3.02. The summed E-state index contributed by atoms with van der Waals surface area (Å²) in [5.74, 6) is 0.817. The molecule has 0 spiro atoms. The number of rotatable bonds is 2. The Morgan fingerprint density at radius 2 is 1.88 bits per heavy atom. The Morgan fingerprint density at radius 1 is 1.08 bits per heavy atom. The van der Waals surface area contributed by atoms with E-state index in [1.165, 1.54) is 4.57 Å². The highest BCUT2D eigenvalue weighted by Gasteiger charge is 2.17. The first-order valence-corrected chi connectivity index (χ1v) is 7.73. The van der Waals surface area contributed by atoms with Gasteiger partial charge >= 0.3 is 0 Å². The third kappa shape index (κ3) is 2.39. The predicted octanol–water partition coefficient (Wildman–Crippen LogP) is 4.00. The van der Waals surface area contributed by atoms with Crippen molar-refractivity contribution in [3.05, 3.63) is 75.7 Å². The first-order chi connectivity index (χ1) is 11.6. The van der Waals surface area contributed by atoms with E-state index < -0.39 is 0 Å². The Balaban J connectivity index is 2.13. The van der Waals surface area contributed by atoms with Gasteiger partial charge in [-0.1, -0.05) is 47.1 Å². The number of fused-ring (bicyclic) bond motifs is 1. The van der Waals surface area contributed by atoms with Crippen LogP contribution in [-0.4, -0.2) is 14.7 Å². The van der Waals surface area contributed by atoms with Crippen molar-refractivity contribution < 1.29 is 4.52 Å². The van der Waals surface area contributed by atoms with E-state index in [0.29, 0.717) is 33.3 Å². The molecule has 0 amide bonds. The van der Waals surface area contributed by atoms with Gasteiger partial charge in [-0.15, -0.1) is 0 Å². The van der Waals surface area contributed by atoms with Crippen LogP contribution < -0.4 is 5.56 Å². The SMILES string of the molecule is Cc1cc(-n2c(-c3ccccc3)nc3ccc(Cl)cc3c2=O)on1. The van der Waals surface area contributed by atoms with Crippen molar-refractivity contribution in [2.24, 2.45) is 0 Å². The van der Waals surface area contributed by atoms with Crippen molar-refractivity contribution in [2.45, 2.75) is 6.92 Å². The van der Waals surface area contributed by atoms with E-state index in [1.54, 1.807) is 31.2 Å². The summed E-state index contributed by atoms with van der Waals surface area (Å²) in [6.45, 7) is 1.80. The number of benzene rings is 2. The van der Waals surface area contributed by atoms with Gasteiger partial charge in [0.15, 0.2) is 5.82 Å². The zero-order valence-corrected chi connectivity index (χ0v) is 13.5. The Kier molecular flexibility index (Phi) is 3.43. The number of halogens is 1. The summed E-state index contributed by atoms with van der Waals surface area (Å²) in [6.07, 6.45) is 0. The normalized spacial score (nSPS) is 11.1. The molecule has 0 atom stereocenters. The van der Waals surface area contributed by atoms with E-state index in [4.69, 9.17) is 16.1 Å². The van der Waals surface area contributed by atoms with Gasteiger partial charge in [-0.3, -0.25) is 4.79 Å². The van der Waals surface area contributed by atoms with Gasteiger partial charge in [0.25, 0.3) is 5.56 Å². The fourth-order valence-corrected chi connectivity index (χ4v) is 2.77. The van der Waals surface area contributed by atoms with E-state index in [9.17, 15) is 4.79 Å². The second kappa shape index (κ2) is 5.62. The number of nitrogens with zero attached hydrogens (tertiary/aromatic N) is 3. The molecule has 4 rings (SSSR count). The molecule has 24 heavy (non-hydrogen) atoms. The molecule has 4 aromatic rings. The van der Waals surface area contributed by atoms with Gasteiger partial charge in [0.05, 0.1) is 16.6 Å². The van der Waals surface area contributed by atoms with Crippen molar-refractivity contribution in [3.8, 4) is 17.3 Å². The monoisotopic (exact) mass is 337 g/mol. The number of aryl methyl sites for hydroxylation is 1. The Labute approximate surface area is 142 Å². The fraction of sp³-hybridized carbons (Fsp3) is 0.0556. The van der Waals surface area contributed by atoms with Crippen molar-refractivity contribution in [2.75, 3.05) is 0 Å². The summed E-state index contributed by atoms with van der Waals surface area (Å²) in [5, 5.41) is 4.79. The standard InChI is InChI=1S/C18H12ClN3O2/c1-11-9-16(24-21-11)22-17(12-5-3-2-4-6-12)20-15-8-7-13(19)10-14(15)18(22)23/h2-10H,1H3. The van der Waals surface area contributed by atoms with E-state index in [1.807, 2.05) is 30.3 Å². The minimum Gasteiger partial charge on any atom is -0.338 e. The third-order valence-corrected chi connectivity index (χ3v) is 3.93. The molecule has 0 aliphatic carbocycles. The second-order valence-corrected chi connectivity index (χ2v) is 5.85. The lowest BCUT2D eigenvalue weighted by Gasteiger charge is -2.11. The van der Waals surface area contributed by atoms with E-state index in [-0.39, 0.29) is 5.56 Å². The van der Waals surface area contributed by atoms with E-state index in [0.717, 1.165) is 5.56 Å². The molecule has 118 valence electrons. The molecular formula is C18H12ClN3O2. The summed E-state index contributed by atoms with van der Waals surface area (Å²) in [7, 11) is 0. The van der Waals surface area contributed by atoms with E-state index in [2.05, 4.69) is 10.1 Å². The van der Waals surface area contributed by atoms with Crippen LogP contribution in [0.1, 0.15) is 5.69 Å². The minimum atomic E-state index is -0.252. The van der Waals surface area contributed by atoms with Gasteiger partial charge in [-0.2, -0.15) is 0 Å². The molecule has 0 saturated heterocycles. The summed E-state index contributed by atoms with van der Waals surface area (Å²) in [5.41, 5.74) is 1.82. The van der Waals surface area contributed by atoms with Crippen LogP contribution >= 0.6 is 11.6 Å². The molecule has 0 N–H and O–H groups in total.